The zero-order chi connectivity index (χ0) is 12.3. The third-order valence-electron chi connectivity index (χ3n) is 3.50. The third kappa shape index (κ3) is 2.61. The first-order valence-corrected chi connectivity index (χ1v) is 6.51. The Morgan fingerprint density at radius 1 is 1.18 bits per heavy atom. The standard InChI is InChI=1S/C15H20N2/c1-12(2)15-10-14(7-6-13(15)11-16)17-8-4-3-5-9-17/h6-7,10,12H,3-5,8-9H2,1-2H3. The lowest BCUT2D eigenvalue weighted by atomic mass is 9.96. The Morgan fingerprint density at radius 2 is 1.88 bits per heavy atom. The molecule has 1 saturated heterocycles. The van der Waals surface area contributed by atoms with Gasteiger partial charge in [-0.2, -0.15) is 5.26 Å². The van der Waals surface area contributed by atoms with Crippen molar-refractivity contribution in [1.82, 2.24) is 0 Å². The number of nitrogens with zero attached hydrogens (tertiary/aromatic N) is 2. The summed E-state index contributed by atoms with van der Waals surface area (Å²) in [4.78, 5) is 2.44. The fraction of sp³-hybridized carbons (Fsp3) is 0.533. The molecule has 1 aromatic carbocycles. The van der Waals surface area contributed by atoms with Crippen molar-refractivity contribution < 1.29 is 0 Å². The van der Waals surface area contributed by atoms with Gasteiger partial charge in [-0.25, -0.2) is 0 Å². The van der Waals surface area contributed by atoms with Gasteiger partial charge in [-0.3, -0.25) is 0 Å². The number of rotatable bonds is 2. The van der Waals surface area contributed by atoms with Gasteiger partial charge in [0.1, 0.15) is 0 Å². The lowest BCUT2D eigenvalue weighted by Crippen LogP contribution is -2.29. The van der Waals surface area contributed by atoms with Crippen LogP contribution in [-0.2, 0) is 0 Å². The summed E-state index contributed by atoms with van der Waals surface area (Å²) >= 11 is 0. The molecule has 0 saturated carbocycles. The molecule has 1 aromatic rings. The van der Waals surface area contributed by atoms with Gasteiger partial charge in [0.15, 0.2) is 0 Å². The van der Waals surface area contributed by atoms with Crippen LogP contribution in [0.4, 0.5) is 5.69 Å². The monoisotopic (exact) mass is 228 g/mol. The van der Waals surface area contributed by atoms with Gasteiger partial charge < -0.3 is 4.90 Å². The Bertz CT molecular complexity index is 423. The summed E-state index contributed by atoms with van der Waals surface area (Å²) in [5.41, 5.74) is 3.28. The summed E-state index contributed by atoms with van der Waals surface area (Å²) in [5.74, 6) is 0.411. The van der Waals surface area contributed by atoms with Gasteiger partial charge in [-0.15, -0.1) is 0 Å². The predicted octanol–water partition coefficient (Wildman–Crippen LogP) is 3.67. The van der Waals surface area contributed by atoms with Gasteiger partial charge in [0.25, 0.3) is 0 Å². The molecular weight excluding hydrogens is 208 g/mol. The van der Waals surface area contributed by atoms with E-state index in [0.29, 0.717) is 5.92 Å². The zero-order valence-electron chi connectivity index (χ0n) is 10.7. The Morgan fingerprint density at radius 3 is 2.47 bits per heavy atom. The van der Waals surface area contributed by atoms with E-state index in [1.54, 1.807) is 0 Å². The van der Waals surface area contributed by atoms with Crippen LogP contribution in [0, 0.1) is 11.3 Å². The van der Waals surface area contributed by atoms with Crippen molar-refractivity contribution >= 4 is 5.69 Å². The highest BCUT2D eigenvalue weighted by Crippen LogP contribution is 2.27. The zero-order valence-corrected chi connectivity index (χ0v) is 10.7. The minimum atomic E-state index is 0.411. The summed E-state index contributed by atoms with van der Waals surface area (Å²) in [5, 5.41) is 9.10. The van der Waals surface area contributed by atoms with Crippen molar-refractivity contribution in [3.8, 4) is 6.07 Å². The second kappa shape index (κ2) is 5.23. The average molecular weight is 228 g/mol. The molecule has 0 spiro atoms. The molecule has 90 valence electrons. The molecule has 2 rings (SSSR count). The first kappa shape index (κ1) is 12.0. The summed E-state index contributed by atoms with van der Waals surface area (Å²) < 4.78 is 0. The number of nitriles is 1. The van der Waals surface area contributed by atoms with Crippen molar-refractivity contribution in [2.45, 2.75) is 39.0 Å². The lowest BCUT2D eigenvalue weighted by Gasteiger charge is -2.29. The van der Waals surface area contributed by atoms with Crippen LogP contribution in [0.2, 0.25) is 0 Å². The Kier molecular flexibility index (Phi) is 3.68. The molecule has 0 aromatic heterocycles. The van der Waals surface area contributed by atoms with Gasteiger partial charge >= 0.3 is 0 Å². The summed E-state index contributed by atoms with van der Waals surface area (Å²) in [7, 11) is 0. The van der Waals surface area contributed by atoms with E-state index in [-0.39, 0.29) is 0 Å². The Balaban J connectivity index is 2.30. The molecule has 1 fully saturated rings. The van der Waals surface area contributed by atoms with Crippen molar-refractivity contribution in [1.29, 1.82) is 5.26 Å². The number of benzene rings is 1. The molecular formula is C15H20N2. The molecule has 1 aliphatic heterocycles. The molecule has 0 radical (unpaired) electrons. The van der Waals surface area contributed by atoms with Crippen LogP contribution in [0.1, 0.15) is 50.2 Å². The van der Waals surface area contributed by atoms with E-state index in [4.69, 9.17) is 5.26 Å². The van der Waals surface area contributed by atoms with E-state index < -0.39 is 0 Å². The van der Waals surface area contributed by atoms with Crippen LogP contribution in [0.15, 0.2) is 18.2 Å². The van der Waals surface area contributed by atoms with E-state index in [9.17, 15) is 0 Å². The van der Waals surface area contributed by atoms with Crippen LogP contribution in [0.3, 0.4) is 0 Å². The topological polar surface area (TPSA) is 27.0 Å². The first-order chi connectivity index (χ1) is 8.22. The van der Waals surface area contributed by atoms with Crippen molar-refractivity contribution in [2.24, 2.45) is 0 Å². The minimum Gasteiger partial charge on any atom is -0.372 e. The molecule has 0 bridgehead atoms. The number of piperidine rings is 1. The largest absolute Gasteiger partial charge is 0.372 e. The van der Waals surface area contributed by atoms with E-state index in [0.717, 1.165) is 18.7 Å². The SMILES string of the molecule is CC(C)c1cc(N2CCCCC2)ccc1C#N. The van der Waals surface area contributed by atoms with E-state index >= 15 is 0 Å². The molecule has 0 amide bonds. The number of hydrogen-bond acceptors (Lipinski definition) is 2. The molecule has 0 atom stereocenters. The molecule has 0 N–H and O–H groups in total. The van der Waals surface area contributed by atoms with Crippen molar-refractivity contribution in [3.63, 3.8) is 0 Å². The average Bonchev–Trinajstić information content (AvgIpc) is 2.39. The number of anilines is 1. The van der Waals surface area contributed by atoms with Crippen LogP contribution in [0.5, 0.6) is 0 Å². The van der Waals surface area contributed by atoms with Gasteiger partial charge in [0.2, 0.25) is 0 Å². The maximum Gasteiger partial charge on any atom is 0.0994 e. The van der Waals surface area contributed by atoms with E-state index in [2.05, 4.69) is 36.9 Å². The highest BCUT2D eigenvalue weighted by Gasteiger charge is 2.13. The van der Waals surface area contributed by atoms with Crippen LogP contribution >= 0.6 is 0 Å². The van der Waals surface area contributed by atoms with Crippen LogP contribution in [-0.4, -0.2) is 13.1 Å². The minimum absolute atomic E-state index is 0.411. The summed E-state index contributed by atoms with van der Waals surface area (Å²) in [6.07, 6.45) is 3.93. The summed E-state index contributed by atoms with van der Waals surface area (Å²) in [6.45, 7) is 6.61. The first-order valence-electron chi connectivity index (χ1n) is 6.51. The lowest BCUT2D eigenvalue weighted by molar-refractivity contribution is 0.577. The molecule has 0 unspecified atom stereocenters. The van der Waals surface area contributed by atoms with Crippen molar-refractivity contribution in [3.05, 3.63) is 29.3 Å². The molecule has 2 heteroatoms. The molecule has 1 heterocycles. The third-order valence-corrected chi connectivity index (χ3v) is 3.50. The van der Waals surface area contributed by atoms with Crippen LogP contribution in [0.25, 0.3) is 0 Å². The van der Waals surface area contributed by atoms with E-state index in [1.165, 1.54) is 30.5 Å². The quantitative estimate of drug-likeness (QED) is 0.772. The van der Waals surface area contributed by atoms with Crippen LogP contribution < -0.4 is 4.90 Å². The number of hydrogen-bond donors (Lipinski definition) is 0. The molecule has 1 aliphatic rings. The Labute approximate surface area is 104 Å². The summed E-state index contributed by atoms with van der Waals surface area (Å²) in [6, 6.07) is 8.56. The highest BCUT2D eigenvalue weighted by atomic mass is 15.1. The Hall–Kier alpha value is -1.49. The second-order valence-corrected chi connectivity index (χ2v) is 5.09. The molecule has 2 nitrogen and oxygen atoms in total. The maximum atomic E-state index is 9.10. The van der Waals surface area contributed by atoms with Gasteiger partial charge in [-0.1, -0.05) is 13.8 Å². The fourth-order valence-electron chi connectivity index (χ4n) is 2.48. The highest BCUT2D eigenvalue weighted by molar-refractivity contribution is 5.54. The fourth-order valence-corrected chi connectivity index (χ4v) is 2.48. The molecule has 17 heavy (non-hydrogen) atoms. The normalized spacial score (nSPS) is 16.0. The van der Waals surface area contributed by atoms with Gasteiger partial charge in [-0.05, 0) is 48.9 Å². The van der Waals surface area contributed by atoms with Crippen molar-refractivity contribution in [2.75, 3.05) is 18.0 Å². The predicted molar refractivity (Wildman–Crippen MR) is 71.3 cm³/mol. The van der Waals surface area contributed by atoms with Gasteiger partial charge in [0, 0.05) is 18.8 Å². The second-order valence-electron chi connectivity index (χ2n) is 5.09. The van der Waals surface area contributed by atoms with Gasteiger partial charge in [0.05, 0.1) is 11.6 Å². The van der Waals surface area contributed by atoms with E-state index in [1.807, 2.05) is 6.07 Å². The smallest absolute Gasteiger partial charge is 0.0994 e. The molecule has 0 aliphatic carbocycles. The maximum absolute atomic E-state index is 9.10.